The predicted octanol–water partition coefficient (Wildman–Crippen LogP) is 1.91. The topological polar surface area (TPSA) is 87.7 Å². The third kappa shape index (κ3) is 5.18. The molecular weight excluding hydrogens is 392 g/mol. The van der Waals surface area contributed by atoms with Gasteiger partial charge in [-0.1, -0.05) is 6.07 Å². The van der Waals surface area contributed by atoms with E-state index < -0.39 is 27.8 Å². The summed E-state index contributed by atoms with van der Waals surface area (Å²) in [6.45, 7) is 1.10. The van der Waals surface area contributed by atoms with E-state index in [1.165, 1.54) is 6.07 Å². The average Bonchev–Trinajstić information content (AvgIpc) is 3.10. The van der Waals surface area contributed by atoms with Gasteiger partial charge in [0.25, 0.3) is 0 Å². The maximum absolute atomic E-state index is 13.6. The number of amides is 2. The zero-order valence-electron chi connectivity index (χ0n) is 15.7. The highest BCUT2D eigenvalue weighted by Crippen LogP contribution is 2.30. The number of benzene rings is 1. The number of rotatable bonds is 5. The first-order valence-corrected chi connectivity index (χ1v) is 11.2. The van der Waals surface area contributed by atoms with E-state index in [1.54, 1.807) is 4.90 Å². The Hall–Kier alpha value is -1.78. The quantitative estimate of drug-likeness (QED) is 0.766. The fourth-order valence-corrected chi connectivity index (χ4v) is 4.22. The summed E-state index contributed by atoms with van der Waals surface area (Å²) in [4.78, 5) is 14.5. The van der Waals surface area contributed by atoms with Crippen LogP contribution in [-0.2, 0) is 14.8 Å². The van der Waals surface area contributed by atoms with Crippen LogP contribution in [0.25, 0.3) is 0 Å². The van der Waals surface area contributed by atoms with Crippen molar-refractivity contribution < 1.29 is 26.7 Å². The van der Waals surface area contributed by atoms with Crippen LogP contribution in [-0.4, -0.2) is 57.4 Å². The molecule has 2 N–H and O–H groups in total. The van der Waals surface area contributed by atoms with Crippen molar-refractivity contribution in [1.82, 2.24) is 14.9 Å². The molecule has 0 aromatic heterocycles. The van der Waals surface area contributed by atoms with Crippen LogP contribution in [0.5, 0.6) is 0 Å². The van der Waals surface area contributed by atoms with E-state index in [9.17, 15) is 22.0 Å². The van der Waals surface area contributed by atoms with Crippen LogP contribution in [0, 0.1) is 11.6 Å². The largest absolute Gasteiger partial charge is 0.371 e. The van der Waals surface area contributed by atoms with Crippen LogP contribution in [0.15, 0.2) is 18.2 Å². The molecule has 156 valence electrons. The summed E-state index contributed by atoms with van der Waals surface area (Å²) in [5.74, 6) is -1.89. The molecule has 2 amide bonds. The third-order valence-electron chi connectivity index (χ3n) is 5.14. The second-order valence-electron chi connectivity index (χ2n) is 7.27. The Morgan fingerprint density at radius 2 is 2.04 bits per heavy atom. The number of hydrogen-bond acceptors (Lipinski definition) is 4. The van der Waals surface area contributed by atoms with Crippen molar-refractivity contribution in [3.63, 3.8) is 0 Å². The molecule has 0 spiro atoms. The van der Waals surface area contributed by atoms with Gasteiger partial charge in [-0.2, -0.15) is 0 Å². The highest BCUT2D eigenvalue weighted by molar-refractivity contribution is 7.88. The number of halogens is 2. The van der Waals surface area contributed by atoms with Gasteiger partial charge in [-0.15, -0.1) is 0 Å². The molecule has 3 rings (SSSR count). The highest BCUT2D eigenvalue weighted by atomic mass is 32.2. The first-order valence-electron chi connectivity index (χ1n) is 9.33. The Balaban J connectivity index is 1.66. The summed E-state index contributed by atoms with van der Waals surface area (Å²) in [5.41, 5.74) is 0.468. The van der Waals surface area contributed by atoms with Crippen molar-refractivity contribution in [3.8, 4) is 0 Å². The molecule has 3 atom stereocenters. The second-order valence-corrected chi connectivity index (χ2v) is 9.11. The van der Waals surface area contributed by atoms with E-state index in [0.29, 0.717) is 31.6 Å². The van der Waals surface area contributed by atoms with E-state index in [4.69, 9.17) is 4.74 Å². The molecular formula is C18H25F2N3O4S. The third-order valence-corrected chi connectivity index (χ3v) is 5.83. The van der Waals surface area contributed by atoms with Crippen molar-refractivity contribution in [3.05, 3.63) is 35.4 Å². The number of hydrogen-bond donors (Lipinski definition) is 2. The molecule has 10 heteroatoms. The fourth-order valence-electron chi connectivity index (χ4n) is 3.72. The van der Waals surface area contributed by atoms with Gasteiger partial charge in [0.05, 0.1) is 12.3 Å². The van der Waals surface area contributed by atoms with E-state index in [0.717, 1.165) is 31.2 Å². The van der Waals surface area contributed by atoms with Gasteiger partial charge in [-0.25, -0.2) is 26.7 Å². The van der Waals surface area contributed by atoms with E-state index in [1.807, 2.05) is 0 Å². The maximum Gasteiger partial charge on any atom is 0.318 e. The normalized spacial score (nSPS) is 25.7. The van der Waals surface area contributed by atoms with Crippen molar-refractivity contribution in [1.29, 1.82) is 0 Å². The van der Waals surface area contributed by atoms with Crippen molar-refractivity contribution in [2.75, 3.05) is 26.0 Å². The number of carbonyl (C=O) groups excluding carboxylic acids is 1. The van der Waals surface area contributed by atoms with Crippen LogP contribution < -0.4 is 10.0 Å². The first kappa shape index (κ1) is 20.9. The van der Waals surface area contributed by atoms with E-state index in [-0.39, 0.29) is 24.7 Å². The van der Waals surface area contributed by atoms with E-state index >= 15 is 0 Å². The number of nitrogens with zero attached hydrogens (tertiary/aromatic N) is 1. The fraction of sp³-hybridized carbons (Fsp3) is 0.611. The van der Waals surface area contributed by atoms with Gasteiger partial charge in [0.1, 0.15) is 6.10 Å². The minimum absolute atomic E-state index is 0.167. The van der Waals surface area contributed by atoms with Gasteiger partial charge in [0.15, 0.2) is 11.6 Å². The molecule has 0 radical (unpaired) electrons. The Morgan fingerprint density at radius 3 is 2.75 bits per heavy atom. The summed E-state index contributed by atoms with van der Waals surface area (Å²) in [6.07, 6.45) is 3.55. The monoisotopic (exact) mass is 417 g/mol. The minimum Gasteiger partial charge on any atom is -0.371 e. The molecule has 2 aliphatic rings. The molecule has 2 saturated heterocycles. The van der Waals surface area contributed by atoms with Gasteiger partial charge >= 0.3 is 6.03 Å². The van der Waals surface area contributed by atoms with Crippen molar-refractivity contribution >= 4 is 16.1 Å². The highest BCUT2D eigenvalue weighted by Gasteiger charge is 2.34. The molecule has 1 unspecified atom stereocenters. The lowest BCUT2D eigenvalue weighted by molar-refractivity contribution is 0.0949. The molecule has 2 fully saturated rings. The number of urea groups is 1. The van der Waals surface area contributed by atoms with Crippen LogP contribution in [0.1, 0.15) is 37.4 Å². The Labute approximate surface area is 163 Å². The van der Waals surface area contributed by atoms with Gasteiger partial charge in [-0.3, -0.25) is 0 Å². The Bertz CT molecular complexity index is 821. The Kier molecular flexibility index (Phi) is 6.51. The van der Waals surface area contributed by atoms with E-state index in [2.05, 4.69) is 10.0 Å². The predicted molar refractivity (Wildman–Crippen MR) is 99.2 cm³/mol. The zero-order chi connectivity index (χ0) is 20.3. The van der Waals surface area contributed by atoms with Crippen molar-refractivity contribution in [2.45, 2.75) is 43.9 Å². The molecule has 1 aromatic rings. The van der Waals surface area contributed by atoms with Crippen LogP contribution >= 0.6 is 0 Å². The summed E-state index contributed by atoms with van der Waals surface area (Å²) in [6, 6.07) is 2.68. The van der Waals surface area contributed by atoms with Gasteiger partial charge < -0.3 is 15.0 Å². The number of sulfonamides is 1. The smallest absolute Gasteiger partial charge is 0.318 e. The number of likely N-dealkylation sites (tertiary alicyclic amines) is 1. The standard InChI is InChI=1S/C18H25F2N3O4S/c1-28(25,26)21-11-13-4-2-3-8-23(13)18(24)22-16-7-9-27-17(16)12-5-6-14(19)15(20)10-12/h5-6,10,13,16-17,21H,2-4,7-9,11H2,1H3,(H,22,24)/t13?,16-,17+/m1/s1. The zero-order valence-corrected chi connectivity index (χ0v) is 16.5. The molecule has 1 aromatic carbocycles. The molecule has 0 saturated carbocycles. The molecule has 2 aliphatic heterocycles. The first-order chi connectivity index (χ1) is 13.2. The molecule has 0 bridgehead atoms. The minimum atomic E-state index is -3.34. The average molecular weight is 417 g/mol. The van der Waals surface area contributed by atoms with Gasteiger partial charge in [0.2, 0.25) is 10.0 Å². The molecule has 28 heavy (non-hydrogen) atoms. The lowest BCUT2D eigenvalue weighted by Crippen LogP contribution is -2.54. The Morgan fingerprint density at radius 1 is 1.25 bits per heavy atom. The summed E-state index contributed by atoms with van der Waals surface area (Å²) in [5, 5.41) is 2.93. The number of ether oxygens (including phenoxy) is 1. The summed E-state index contributed by atoms with van der Waals surface area (Å²) in [7, 11) is -3.34. The number of piperidine rings is 1. The lowest BCUT2D eigenvalue weighted by atomic mass is 10.0. The van der Waals surface area contributed by atoms with Crippen molar-refractivity contribution in [2.24, 2.45) is 0 Å². The molecule has 2 heterocycles. The maximum atomic E-state index is 13.6. The van der Waals surface area contributed by atoms with Gasteiger partial charge in [0, 0.05) is 25.7 Å². The SMILES string of the molecule is CS(=O)(=O)NCC1CCCCN1C(=O)N[C@@H]1CCO[C@H]1c1ccc(F)c(F)c1. The number of nitrogens with one attached hydrogen (secondary N) is 2. The molecule has 7 nitrogen and oxygen atoms in total. The van der Waals surface area contributed by atoms with Crippen LogP contribution in [0.3, 0.4) is 0 Å². The van der Waals surface area contributed by atoms with Gasteiger partial charge in [-0.05, 0) is 43.4 Å². The summed E-state index contributed by atoms with van der Waals surface area (Å²) >= 11 is 0. The van der Waals surface area contributed by atoms with Crippen LogP contribution in [0.2, 0.25) is 0 Å². The molecule has 0 aliphatic carbocycles. The number of carbonyl (C=O) groups is 1. The van der Waals surface area contributed by atoms with Crippen LogP contribution in [0.4, 0.5) is 13.6 Å². The second kappa shape index (κ2) is 8.71. The summed E-state index contributed by atoms with van der Waals surface area (Å²) < 4.78 is 57.6. The lowest BCUT2D eigenvalue weighted by Gasteiger charge is -2.36.